The second-order valence-electron chi connectivity index (χ2n) is 26.0. The van der Waals surface area contributed by atoms with E-state index in [0.717, 1.165) is 79.0 Å². The molecule has 1 heterocycles. The molecule has 0 amide bonds. The van der Waals surface area contributed by atoms with E-state index in [-0.39, 0.29) is 0 Å². The minimum atomic E-state index is 0.849. The summed E-state index contributed by atoms with van der Waals surface area (Å²) in [7, 11) is 0. The Morgan fingerprint density at radius 2 is 0.741 bits per heavy atom. The maximum atomic E-state index is 12.4. The molecule has 0 aromatic heterocycles. The molecule has 1 aliphatic heterocycles. The van der Waals surface area contributed by atoms with E-state index in [0.29, 0.717) is 0 Å². The number of aryl methyl sites for hydroxylation is 2. The van der Waals surface area contributed by atoms with E-state index >= 15 is 0 Å². The molecular formula is C82H140N2Pd. The molecule has 0 aliphatic carbocycles. The molecule has 0 unspecified atom stereocenters. The van der Waals surface area contributed by atoms with Gasteiger partial charge in [0.05, 0.1) is 5.57 Å². The zero-order valence-electron chi connectivity index (χ0n) is 57.6. The fourth-order valence-corrected chi connectivity index (χ4v) is 14.5. The van der Waals surface area contributed by atoms with E-state index in [4.69, 9.17) is 0 Å². The fraction of sp³-hybridized carbons (Fsp3) is 0.756. The summed E-state index contributed by atoms with van der Waals surface area (Å²) in [6.45, 7) is 13.6. The quantitative estimate of drug-likeness (QED) is 0.0273. The number of hydrogen-bond donors (Lipinski definition) is 0. The van der Waals surface area contributed by atoms with Crippen molar-refractivity contribution in [2.24, 2.45) is 0 Å². The number of hydrogen-bond acceptors (Lipinski definition) is 0. The van der Waals surface area contributed by atoms with Gasteiger partial charge in [-0.15, -0.1) is 11.8 Å². The third-order valence-electron chi connectivity index (χ3n) is 17.9. The Kier molecular flexibility index (Phi) is 55.8. The molecule has 0 radical (unpaired) electrons. The van der Waals surface area contributed by atoms with Gasteiger partial charge in [0, 0.05) is 29.5 Å². The van der Waals surface area contributed by atoms with E-state index in [1.54, 1.807) is 4.70 Å². The maximum absolute atomic E-state index is 12.4. The standard InChI is InChI=1S/C74H122N2.2C4H9.Pd/c1-5-8-11-14-16-18-20-22-24-26-28-29-30-31-32-33-34-35-36-38-39-41-43-45-47-49-51-53-58-68-59-56-57-60-70(68)74-72(71(61-54-13-10-7-3)73(76(74)75)69-65-63-67(4)64-66-69)62-55-52-50-48-46-44-42-40-37-27-25-23-21-19-17-15-12-9-6-2;2*1-3-4-2;/h55-57,59-60,62-66H,5-48,50,52-54,58,61H2,1-4H3;2*1,3-4H2,2H3;. The summed E-state index contributed by atoms with van der Waals surface area (Å²) in [4.78, 5) is 3.01. The van der Waals surface area contributed by atoms with Crippen LogP contribution in [0.2, 0.25) is 9.79 Å². The van der Waals surface area contributed by atoms with Crippen molar-refractivity contribution in [3.05, 3.63) is 99.6 Å². The van der Waals surface area contributed by atoms with Gasteiger partial charge in [-0.2, -0.15) is 0 Å². The molecule has 2 aromatic rings. The molecular weight excluding hydrogens is 1120 g/mol. The van der Waals surface area contributed by atoms with Crippen LogP contribution in [0.3, 0.4) is 0 Å². The van der Waals surface area contributed by atoms with Crippen molar-refractivity contribution >= 4 is 11.4 Å². The van der Waals surface area contributed by atoms with E-state index in [9.17, 15) is 5.53 Å². The summed E-state index contributed by atoms with van der Waals surface area (Å²) in [6, 6.07) is 17.6. The molecule has 0 atom stereocenters. The van der Waals surface area contributed by atoms with Gasteiger partial charge in [-0.1, -0.05) is 338 Å². The van der Waals surface area contributed by atoms with Gasteiger partial charge in [0.15, 0.2) is 0 Å². The monoisotopic (exact) mass is 1260 g/mol. The van der Waals surface area contributed by atoms with Crippen molar-refractivity contribution in [1.82, 2.24) is 0 Å². The molecule has 85 heavy (non-hydrogen) atoms. The molecule has 0 spiro atoms. The van der Waals surface area contributed by atoms with Gasteiger partial charge in [0.2, 0.25) is 11.4 Å². The number of nitrogens with zero attached hydrogens (tertiary/aromatic N) is 2. The van der Waals surface area contributed by atoms with Crippen molar-refractivity contribution in [1.29, 1.82) is 0 Å². The van der Waals surface area contributed by atoms with Crippen LogP contribution in [0, 0.1) is 18.8 Å². The second kappa shape index (κ2) is 60.4. The molecule has 1 aliphatic rings. The van der Waals surface area contributed by atoms with Crippen LogP contribution in [0.5, 0.6) is 0 Å². The van der Waals surface area contributed by atoms with Crippen molar-refractivity contribution in [3.63, 3.8) is 0 Å². The van der Waals surface area contributed by atoms with Gasteiger partial charge in [-0.05, 0) is 69.2 Å². The normalized spacial score (nSPS) is 12.5. The minimum absolute atomic E-state index is 0.849. The van der Waals surface area contributed by atoms with Crippen LogP contribution in [0.15, 0.2) is 71.8 Å². The summed E-state index contributed by atoms with van der Waals surface area (Å²) in [5, 5.41) is 0. The van der Waals surface area contributed by atoms with E-state index in [1.807, 2.05) is 0 Å². The predicted octanol–water partition coefficient (Wildman–Crippen LogP) is 28.9. The van der Waals surface area contributed by atoms with Crippen LogP contribution in [-0.4, -0.2) is 4.70 Å². The molecule has 0 bridgehead atoms. The summed E-state index contributed by atoms with van der Waals surface area (Å²) in [5.41, 5.74) is 21.5. The van der Waals surface area contributed by atoms with Crippen LogP contribution >= 0.6 is 0 Å². The second-order valence-corrected chi connectivity index (χ2v) is 28.3. The molecule has 3 rings (SSSR count). The Labute approximate surface area is 540 Å². The van der Waals surface area contributed by atoms with Crippen LogP contribution in [0.25, 0.3) is 16.9 Å². The Morgan fingerprint density at radius 3 is 1.16 bits per heavy atom. The van der Waals surface area contributed by atoms with Crippen molar-refractivity contribution < 1.29 is 22.7 Å². The van der Waals surface area contributed by atoms with Gasteiger partial charge < -0.3 is 5.53 Å². The topological polar surface area (TPSA) is 25.3 Å². The van der Waals surface area contributed by atoms with Crippen LogP contribution in [-0.2, 0) is 24.4 Å². The molecule has 488 valence electrons. The summed E-state index contributed by atoms with van der Waals surface area (Å²) >= 11 is 1.07. The summed E-state index contributed by atoms with van der Waals surface area (Å²) in [5.74, 6) is 7.09. The van der Waals surface area contributed by atoms with Gasteiger partial charge in [0.25, 0.3) is 0 Å². The molecule has 0 fully saturated rings. The van der Waals surface area contributed by atoms with Crippen molar-refractivity contribution in [2.45, 2.75) is 398 Å². The fourth-order valence-electron chi connectivity index (χ4n) is 12.2. The zero-order chi connectivity index (χ0) is 61.0. The molecule has 2 aromatic carbocycles. The first kappa shape index (κ1) is 78.6. The van der Waals surface area contributed by atoms with Crippen molar-refractivity contribution in [3.8, 4) is 11.8 Å². The van der Waals surface area contributed by atoms with Crippen LogP contribution in [0.4, 0.5) is 0 Å². The number of allylic oxidation sites excluding steroid dienone is 4. The Hall–Kier alpha value is -2.52. The van der Waals surface area contributed by atoms with E-state index < -0.39 is 0 Å². The Bertz CT molecular complexity index is 1970. The SMILES string of the molecule is CCCCCCCCCCCCCCCCCCCC=CC1=C(c2ccccc2CCC#CCCCCCCCCCCCCCCCCCCCCCCCCCC)[N+](=[N-])C(c2ccc(C)cc2)=C1CCCCCC.CCC[CH2][Pd][CH2]CCC. The van der Waals surface area contributed by atoms with Gasteiger partial charge >= 0.3 is 67.3 Å². The first-order valence-corrected chi connectivity index (χ1v) is 39.9. The average molecular weight is 1260 g/mol. The van der Waals surface area contributed by atoms with Gasteiger partial charge in [-0.25, -0.2) is 4.70 Å². The average Bonchev–Trinajstić information content (AvgIpc) is 1.89. The van der Waals surface area contributed by atoms with E-state index in [1.165, 1.54) is 340 Å². The zero-order valence-corrected chi connectivity index (χ0v) is 59.1. The molecule has 0 N–H and O–H groups in total. The number of rotatable bonds is 58. The number of unbranched alkanes of at least 4 members (excludes halogenated alkanes) is 46. The van der Waals surface area contributed by atoms with Crippen LogP contribution < -0.4 is 0 Å². The first-order chi connectivity index (χ1) is 42.0. The third-order valence-corrected chi connectivity index (χ3v) is 20.1. The molecule has 2 nitrogen and oxygen atoms in total. The predicted molar refractivity (Wildman–Crippen MR) is 378 cm³/mol. The number of benzene rings is 2. The molecule has 0 saturated heterocycles. The van der Waals surface area contributed by atoms with Crippen molar-refractivity contribution in [2.75, 3.05) is 0 Å². The summed E-state index contributed by atoms with van der Waals surface area (Å²) < 4.78 is 1.56. The first-order valence-electron chi connectivity index (χ1n) is 37.7. The van der Waals surface area contributed by atoms with Gasteiger partial charge in [-0.3, -0.25) is 0 Å². The van der Waals surface area contributed by atoms with E-state index in [2.05, 4.69) is 114 Å². The van der Waals surface area contributed by atoms with Gasteiger partial charge in [0.1, 0.15) is 0 Å². The Balaban J connectivity index is 0.00000251. The third kappa shape index (κ3) is 42.9. The van der Waals surface area contributed by atoms with Crippen LogP contribution in [0.1, 0.15) is 397 Å². The Morgan fingerprint density at radius 1 is 0.376 bits per heavy atom. The molecule has 0 saturated carbocycles. The summed E-state index contributed by atoms with van der Waals surface area (Å²) in [6.07, 6.45) is 78.2. The molecule has 3 heteroatoms.